The summed E-state index contributed by atoms with van der Waals surface area (Å²) >= 11 is 0. The number of esters is 4. The average molecular weight is 432 g/mol. The summed E-state index contributed by atoms with van der Waals surface area (Å²) in [5, 5.41) is 34.2. The van der Waals surface area contributed by atoms with Crippen LogP contribution in [-0.4, -0.2) is 68.4 Å². The summed E-state index contributed by atoms with van der Waals surface area (Å²) in [6.45, 7) is 0. The molecule has 0 saturated carbocycles. The Kier molecular flexibility index (Phi) is 29.3. The van der Waals surface area contributed by atoms with Crippen molar-refractivity contribution >= 4 is 35.8 Å². The van der Waals surface area contributed by atoms with E-state index in [1.165, 1.54) is 0 Å². The molecule has 0 aliphatic heterocycles. The number of aliphatic hydroxyl groups excluding tert-OH is 2. The molecule has 27 heavy (non-hydrogen) atoms. The van der Waals surface area contributed by atoms with Crippen LogP contribution in [0.2, 0.25) is 0 Å². The van der Waals surface area contributed by atoms with Gasteiger partial charge in [0.1, 0.15) is 6.42 Å². The maximum absolute atomic E-state index is 11.1. The van der Waals surface area contributed by atoms with Crippen LogP contribution in [0.15, 0.2) is 0 Å². The van der Waals surface area contributed by atoms with Crippen molar-refractivity contribution in [1.82, 2.24) is 0 Å². The van der Waals surface area contributed by atoms with Crippen LogP contribution >= 0.6 is 0 Å². The SMILES string of the molecule is O=C(CC(=O)OC(=O)CC(O)C(=O)O)OC(=O)CC(O)C(=O)O.[H-].[H-].[H-].[H-].[Na+].[Na+].[Na+].[Na+]. The average Bonchev–Trinajstić information content (AvgIpc) is 2.36. The van der Waals surface area contributed by atoms with E-state index in [0.717, 1.165) is 0 Å². The second kappa shape index (κ2) is 20.4. The summed E-state index contributed by atoms with van der Waals surface area (Å²) in [7, 11) is 0. The molecular formula is C11H16Na4O12. The maximum Gasteiger partial charge on any atom is 1.00 e. The predicted molar refractivity (Wildman–Crippen MR) is 67.8 cm³/mol. The van der Waals surface area contributed by atoms with Crippen LogP contribution in [0.4, 0.5) is 0 Å². The van der Waals surface area contributed by atoms with Crippen molar-refractivity contribution in [2.24, 2.45) is 0 Å². The Labute approximate surface area is 246 Å². The molecule has 0 rings (SSSR count). The molecule has 16 heteroatoms. The van der Waals surface area contributed by atoms with Crippen molar-refractivity contribution in [2.75, 3.05) is 0 Å². The first kappa shape index (κ1) is 38.7. The van der Waals surface area contributed by atoms with Crippen LogP contribution in [0.5, 0.6) is 0 Å². The molecule has 0 saturated heterocycles. The summed E-state index contributed by atoms with van der Waals surface area (Å²) in [6.07, 6.45) is -7.48. The Morgan fingerprint density at radius 1 is 0.630 bits per heavy atom. The third kappa shape index (κ3) is 20.2. The van der Waals surface area contributed by atoms with Gasteiger partial charge in [-0.1, -0.05) is 0 Å². The van der Waals surface area contributed by atoms with E-state index in [9.17, 15) is 28.8 Å². The summed E-state index contributed by atoms with van der Waals surface area (Å²) in [4.78, 5) is 64.7. The molecule has 0 aliphatic rings. The second-order valence-electron chi connectivity index (χ2n) is 3.99. The molecule has 0 aromatic heterocycles. The maximum atomic E-state index is 11.1. The first-order chi connectivity index (χ1) is 10.5. The molecule has 0 aromatic carbocycles. The number of aliphatic carboxylic acids is 2. The summed E-state index contributed by atoms with van der Waals surface area (Å²) in [5.74, 6) is -9.27. The Hall–Kier alpha value is 1.14. The molecular weight excluding hydrogens is 416 g/mol. The van der Waals surface area contributed by atoms with E-state index >= 15 is 0 Å². The van der Waals surface area contributed by atoms with E-state index in [0.29, 0.717) is 0 Å². The van der Waals surface area contributed by atoms with E-state index in [2.05, 4.69) is 9.47 Å². The molecule has 0 spiro atoms. The van der Waals surface area contributed by atoms with E-state index in [1.54, 1.807) is 0 Å². The molecule has 0 radical (unpaired) electrons. The van der Waals surface area contributed by atoms with Crippen LogP contribution in [0, 0.1) is 0 Å². The topological polar surface area (TPSA) is 202 Å². The van der Waals surface area contributed by atoms with Gasteiger partial charge in [-0.05, 0) is 0 Å². The molecule has 0 aromatic rings. The monoisotopic (exact) mass is 432 g/mol. The zero-order valence-corrected chi connectivity index (χ0v) is 23.3. The van der Waals surface area contributed by atoms with Gasteiger partial charge in [-0.3, -0.25) is 19.2 Å². The quantitative estimate of drug-likeness (QED) is 0.160. The van der Waals surface area contributed by atoms with E-state index in [4.69, 9.17) is 20.4 Å². The van der Waals surface area contributed by atoms with Gasteiger partial charge in [-0.2, -0.15) is 0 Å². The number of carbonyl (C=O) groups excluding carboxylic acids is 4. The van der Waals surface area contributed by atoms with Crippen molar-refractivity contribution in [2.45, 2.75) is 31.5 Å². The Bertz CT molecular complexity index is 509. The van der Waals surface area contributed by atoms with Crippen molar-refractivity contribution in [3.05, 3.63) is 0 Å². The van der Waals surface area contributed by atoms with Crippen LogP contribution in [0.3, 0.4) is 0 Å². The molecule has 0 aliphatic carbocycles. The molecule has 0 heterocycles. The van der Waals surface area contributed by atoms with Gasteiger partial charge < -0.3 is 35.6 Å². The molecule has 4 N–H and O–H groups in total. The minimum Gasteiger partial charge on any atom is -1.00 e. The zero-order valence-electron chi connectivity index (χ0n) is 19.3. The van der Waals surface area contributed by atoms with E-state index in [1.807, 2.05) is 0 Å². The predicted octanol–water partition coefficient (Wildman–Crippen LogP) is -14.3. The number of carbonyl (C=O) groups is 6. The molecule has 2 unspecified atom stereocenters. The Morgan fingerprint density at radius 3 is 1.11 bits per heavy atom. The Morgan fingerprint density at radius 2 is 0.889 bits per heavy atom. The van der Waals surface area contributed by atoms with E-state index < -0.39 is 67.3 Å². The normalized spacial score (nSPS) is 10.7. The van der Waals surface area contributed by atoms with Crippen LogP contribution in [0.25, 0.3) is 0 Å². The molecule has 0 amide bonds. The van der Waals surface area contributed by atoms with Gasteiger partial charge in [-0.15, -0.1) is 0 Å². The van der Waals surface area contributed by atoms with Crippen LogP contribution in [0.1, 0.15) is 25.0 Å². The molecule has 2 atom stereocenters. The van der Waals surface area contributed by atoms with Crippen molar-refractivity contribution < 1.29 is 183 Å². The minimum atomic E-state index is -2.10. The standard InChI is InChI=1S/C11H12O12.4Na.4H/c12-4(10(18)19)1-6(14)22-8(16)3-9(17)23-7(15)2-5(13)11(20)21;;;;;;;;/h4-5,12-13H,1-3H2,(H,18,19)(H,20,21);;;;;;;;/q;4*+1;4*-1. The van der Waals surface area contributed by atoms with Gasteiger partial charge in [0.15, 0.2) is 12.2 Å². The number of hydrogen-bond donors (Lipinski definition) is 4. The first-order valence-corrected chi connectivity index (χ1v) is 5.81. The van der Waals surface area contributed by atoms with Crippen molar-refractivity contribution in [3.8, 4) is 0 Å². The zero-order chi connectivity index (χ0) is 18.2. The fraction of sp³-hybridized carbons (Fsp3) is 0.455. The fourth-order valence-electron chi connectivity index (χ4n) is 1.02. The molecule has 0 bridgehead atoms. The smallest absolute Gasteiger partial charge is 1.00 e. The number of aliphatic hydroxyl groups is 2. The van der Waals surface area contributed by atoms with Gasteiger partial charge in [0, 0.05) is 0 Å². The number of carboxylic acid groups (broad SMARTS) is 2. The van der Waals surface area contributed by atoms with Gasteiger partial charge in [-0.25, -0.2) is 9.59 Å². The molecule has 136 valence electrons. The third-order valence-corrected chi connectivity index (χ3v) is 2.03. The van der Waals surface area contributed by atoms with Crippen molar-refractivity contribution in [1.29, 1.82) is 0 Å². The van der Waals surface area contributed by atoms with Crippen molar-refractivity contribution in [3.63, 3.8) is 0 Å². The summed E-state index contributed by atoms with van der Waals surface area (Å²) < 4.78 is 7.97. The second-order valence-corrected chi connectivity index (χ2v) is 3.99. The number of rotatable bonds is 8. The first-order valence-electron chi connectivity index (χ1n) is 5.81. The summed E-state index contributed by atoms with van der Waals surface area (Å²) in [6, 6.07) is 0. The minimum absolute atomic E-state index is 0. The Balaban J connectivity index is -0.0000000864. The fourth-order valence-corrected chi connectivity index (χ4v) is 1.02. The number of carboxylic acids is 2. The van der Waals surface area contributed by atoms with E-state index in [-0.39, 0.29) is 124 Å². The van der Waals surface area contributed by atoms with Gasteiger partial charge in [0.25, 0.3) is 0 Å². The van der Waals surface area contributed by atoms with Crippen LogP contribution < -0.4 is 118 Å². The molecule has 12 nitrogen and oxygen atoms in total. The number of ether oxygens (including phenoxy) is 2. The molecule has 0 fully saturated rings. The third-order valence-electron chi connectivity index (χ3n) is 2.03. The van der Waals surface area contributed by atoms with Crippen LogP contribution in [-0.2, 0) is 38.2 Å². The van der Waals surface area contributed by atoms with Gasteiger partial charge in [0.2, 0.25) is 0 Å². The van der Waals surface area contributed by atoms with Gasteiger partial charge in [0.05, 0.1) is 12.8 Å². The number of hydrogen-bond acceptors (Lipinski definition) is 10. The summed E-state index contributed by atoms with van der Waals surface area (Å²) in [5.41, 5.74) is 0. The van der Waals surface area contributed by atoms with Gasteiger partial charge >= 0.3 is 154 Å². The largest absolute Gasteiger partial charge is 1.00 e.